The van der Waals surface area contributed by atoms with Crippen LogP contribution in [0.4, 0.5) is 0 Å². The Morgan fingerprint density at radius 2 is 1.41 bits per heavy atom. The summed E-state index contributed by atoms with van der Waals surface area (Å²) in [4.78, 5) is 57.5. The van der Waals surface area contributed by atoms with Gasteiger partial charge in [-0.15, -0.1) is 0 Å². The average molecular weight is 392 g/mol. The molecule has 0 spiro atoms. The number of hydrogen-bond donors (Lipinski definition) is 8. The van der Waals surface area contributed by atoms with Crippen molar-refractivity contribution in [1.82, 2.24) is 16.0 Å². The zero-order valence-electron chi connectivity index (χ0n) is 14.7. The molecule has 0 aliphatic rings. The van der Waals surface area contributed by atoms with Crippen LogP contribution in [0.3, 0.4) is 0 Å². The highest BCUT2D eigenvalue weighted by molar-refractivity contribution is 5.95. The van der Waals surface area contributed by atoms with Crippen LogP contribution in [0.15, 0.2) is 0 Å². The van der Waals surface area contributed by atoms with Gasteiger partial charge >= 0.3 is 11.9 Å². The topological polar surface area (TPSA) is 228 Å². The lowest BCUT2D eigenvalue weighted by Gasteiger charge is -2.22. The number of carboxylic acids is 2. The van der Waals surface area contributed by atoms with Gasteiger partial charge in [-0.25, -0.2) is 4.79 Å². The molecule has 0 aromatic heterocycles. The number of aliphatic hydroxyl groups excluding tert-OH is 2. The lowest BCUT2D eigenvalue weighted by atomic mass is 10.1. The van der Waals surface area contributed by atoms with Gasteiger partial charge in [0.05, 0.1) is 19.1 Å². The van der Waals surface area contributed by atoms with Crippen molar-refractivity contribution in [3.8, 4) is 0 Å². The van der Waals surface area contributed by atoms with Crippen molar-refractivity contribution in [3.05, 3.63) is 0 Å². The number of hydrogen-bond acceptors (Lipinski definition) is 8. The van der Waals surface area contributed by atoms with Gasteiger partial charge in [0.2, 0.25) is 17.7 Å². The molecule has 0 bridgehead atoms. The lowest BCUT2D eigenvalue weighted by Crippen LogP contribution is -2.58. The first-order valence-electron chi connectivity index (χ1n) is 7.80. The third-order valence-electron chi connectivity index (χ3n) is 3.38. The number of rotatable bonds is 11. The first-order valence-corrected chi connectivity index (χ1v) is 7.80. The average Bonchev–Trinajstić information content (AvgIpc) is 2.56. The Hall–Kier alpha value is -2.77. The normalized spacial score (nSPS) is 16.2. The predicted octanol–water partition coefficient (Wildman–Crippen LogP) is -4.28. The number of aliphatic carboxylic acids is 2. The summed E-state index contributed by atoms with van der Waals surface area (Å²) in [5.41, 5.74) is 5.41. The van der Waals surface area contributed by atoms with Crippen molar-refractivity contribution in [2.75, 3.05) is 6.61 Å². The van der Waals surface area contributed by atoms with Crippen LogP contribution in [-0.2, 0) is 24.0 Å². The summed E-state index contributed by atoms with van der Waals surface area (Å²) >= 11 is 0. The quantitative estimate of drug-likeness (QED) is 0.169. The Morgan fingerprint density at radius 3 is 1.81 bits per heavy atom. The van der Waals surface area contributed by atoms with Crippen molar-refractivity contribution >= 4 is 29.7 Å². The molecule has 0 saturated carbocycles. The van der Waals surface area contributed by atoms with Crippen LogP contribution in [0.2, 0.25) is 0 Å². The van der Waals surface area contributed by atoms with Crippen LogP contribution < -0.4 is 21.7 Å². The summed E-state index contributed by atoms with van der Waals surface area (Å²) < 4.78 is 0. The van der Waals surface area contributed by atoms with Gasteiger partial charge in [0.15, 0.2) is 0 Å². The highest BCUT2D eigenvalue weighted by atomic mass is 16.4. The highest BCUT2D eigenvalue weighted by Crippen LogP contribution is 1.98. The Morgan fingerprint density at radius 1 is 0.889 bits per heavy atom. The van der Waals surface area contributed by atoms with E-state index in [0.717, 1.165) is 0 Å². The molecular weight excluding hydrogens is 368 g/mol. The van der Waals surface area contributed by atoms with E-state index in [1.54, 1.807) is 0 Å². The largest absolute Gasteiger partial charge is 0.481 e. The molecule has 0 aliphatic heterocycles. The minimum Gasteiger partial charge on any atom is -0.481 e. The van der Waals surface area contributed by atoms with E-state index in [2.05, 4.69) is 10.6 Å². The molecule has 0 aromatic carbocycles. The number of amides is 3. The van der Waals surface area contributed by atoms with E-state index in [4.69, 9.17) is 21.1 Å². The summed E-state index contributed by atoms with van der Waals surface area (Å²) in [6, 6.07) is -5.89. The van der Waals surface area contributed by atoms with Crippen molar-refractivity contribution in [2.24, 2.45) is 5.73 Å². The number of carboxylic acid groups (broad SMARTS) is 2. The molecule has 0 fully saturated rings. The molecule has 0 heterocycles. The molecule has 154 valence electrons. The van der Waals surface area contributed by atoms with Crippen LogP contribution in [0.25, 0.3) is 0 Å². The number of nitrogens with one attached hydrogen (secondary N) is 3. The van der Waals surface area contributed by atoms with Crippen molar-refractivity contribution < 1.29 is 44.4 Å². The predicted molar refractivity (Wildman–Crippen MR) is 88.1 cm³/mol. The minimum atomic E-state index is -1.69. The Balaban J connectivity index is 5.04. The Bertz CT molecular complexity index is 581. The zero-order chi connectivity index (χ0) is 21.3. The smallest absolute Gasteiger partial charge is 0.328 e. The van der Waals surface area contributed by atoms with Crippen LogP contribution >= 0.6 is 0 Å². The monoisotopic (exact) mass is 392 g/mol. The van der Waals surface area contributed by atoms with Gasteiger partial charge in [-0.1, -0.05) is 0 Å². The van der Waals surface area contributed by atoms with Crippen LogP contribution in [-0.4, -0.2) is 87.0 Å². The first-order chi connectivity index (χ1) is 12.4. The maximum atomic E-state index is 12.1. The molecule has 0 radical (unpaired) electrons. The lowest BCUT2D eigenvalue weighted by molar-refractivity contribution is -0.144. The number of nitrogens with two attached hydrogens (primary N) is 1. The van der Waals surface area contributed by atoms with Crippen LogP contribution in [0.5, 0.6) is 0 Å². The van der Waals surface area contributed by atoms with Gasteiger partial charge in [-0.05, 0) is 13.8 Å². The third kappa shape index (κ3) is 8.44. The third-order valence-corrected chi connectivity index (χ3v) is 3.38. The van der Waals surface area contributed by atoms with E-state index in [-0.39, 0.29) is 0 Å². The zero-order valence-corrected chi connectivity index (χ0v) is 14.7. The van der Waals surface area contributed by atoms with Crippen LogP contribution in [0, 0.1) is 0 Å². The molecule has 27 heavy (non-hydrogen) atoms. The number of carbonyl (C=O) groups excluding carboxylic acids is 3. The van der Waals surface area contributed by atoms with Gasteiger partial charge in [-0.2, -0.15) is 0 Å². The number of aliphatic hydroxyl groups is 2. The summed E-state index contributed by atoms with van der Waals surface area (Å²) in [6.45, 7) is 1.55. The molecular formula is C14H24N4O9. The fourth-order valence-corrected chi connectivity index (χ4v) is 1.73. The summed E-state index contributed by atoms with van der Waals surface area (Å²) in [7, 11) is 0. The molecule has 13 heteroatoms. The Kier molecular flexibility index (Phi) is 9.92. The van der Waals surface area contributed by atoms with E-state index >= 15 is 0 Å². The van der Waals surface area contributed by atoms with Gasteiger partial charge in [-0.3, -0.25) is 19.2 Å². The second kappa shape index (κ2) is 11.1. The summed E-state index contributed by atoms with van der Waals surface area (Å²) in [5.74, 6) is -5.96. The van der Waals surface area contributed by atoms with Crippen molar-refractivity contribution in [2.45, 2.75) is 50.5 Å². The van der Waals surface area contributed by atoms with Crippen molar-refractivity contribution in [1.29, 1.82) is 0 Å². The maximum Gasteiger partial charge on any atom is 0.328 e. The molecule has 5 unspecified atom stereocenters. The molecule has 5 atom stereocenters. The van der Waals surface area contributed by atoms with E-state index in [1.807, 2.05) is 5.32 Å². The first kappa shape index (κ1) is 24.2. The SMILES string of the molecule is CC(NC(=O)C(N)C(C)O)C(=O)NC(CC(=O)O)C(=O)NC(CO)C(=O)O. The fourth-order valence-electron chi connectivity index (χ4n) is 1.73. The van der Waals surface area contributed by atoms with Crippen molar-refractivity contribution in [3.63, 3.8) is 0 Å². The van der Waals surface area contributed by atoms with E-state index in [0.29, 0.717) is 0 Å². The van der Waals surface area contributed by atoms with Gasteiger partial charge < -0.3 is 42.1 Å². The molecule has 0 aromatic rings. The van der Waals surface area contributed by atoms with E-state index in [1.165, 1.54) is 13.8 Å². The molecule has 9 N–H and O–H groups in total. The van der Waals surface area contributed by atoms with Gasteiger partial charge in [0.25, 0.3) is 0 Å². The summed E-state index contributed by atoms with van der Waals surface area (Å²) in [6.07, 6.45) is -2.05. The summed E-state index contributed by atoms with van der Waals surface area (Å²) in [5, 5.41) is 41.9. The molecule has 0 aliphatic carbocycles. The standard InChI is InChI=1S/C14H24N4O9/c1-5(16-13(25)10(15)6(2)20)11(23)17-7(3-9(21)22)12(24)18-8(4-19)14(26)27/h5-8,10,19-20H,3-4,15H2,1-2H3,(H,16,25)(H,17,23)(H,18,24)(H,21,22)(H,26,27). The second-order valence-corrected chi connectivity index (χ2v) is 5.74. The van der Waals surface area contributed by atoms with E-state index in [9.17, 15) is 29.1 Å². The minimum absolute atomic E-state index is 0.849. The Labute approximate surface area is 153 Å². The second-order valence-electron chi connectivity index (χ2n) is 5.74. The molecule has 0 rings (SSSR count). The fraction of sp³-hybridized carbons (Fsp3) is 0.643. The van der Waals surface area contributed by atoms with Crippen LogP contribution in [0.1, 0.15) is 20.3 Å². The highest BCUT2D eigenvalue weighted by Gasteiger charge is 2.30. The van der Waals surface area contributed by atoms with Gasteiger partial charge in [0.1, 0.15) is 24.2 Å². The molecule has 0 saturated heterocycles. The maximum absolute atomic E-state index is 12.1. The molecule has 3 amide bonds. The van der Waals surface area contributed by atoms with E-state index < -0.39 is 73.0 Å². The van der Waals surface area contributed by atoms with Gasteiger partial charge in [0, 0.05) is 0 Å². The number of carbonyl (C=O) groups is 5. The molecule has 13 nitrogen and oxygen atoms in total.